The van der Waals surface area contributed by atoms with Crippen LogP contribution < -0.4 is 5.32 Å². The Kier molecular flexibility index (Phi) is 6.95. The number of anilines is 1. The first kappa shape index (κ1) is 21.0. The maximum Gasteiger partial charge on any atom is 0.259 e. The summed E-state index contributed by atoms with van der Waals surface area (Å²) in [6.07, 6.45) is 0. The quantitative estimate of drug-likeness (QED) is 0.537. The van der Waals surface area contributed by atoms with E-state index in [4.69, 9.17) is 14.0 Å². The van der Waals surface area contributed by atoms with Gasteiger partial charge >= 0.3 is 0 Å². The number of nitrogens with one attached hydrogen (secondary N) is 1. The summed E-state index contributed by atoms with van der Waals surface area (Å²) in [5.41, 5.74) is 4.00. The molecule has 1 aromatic carbocycles. The fraction of sp³-hybridized carbons (Fsp3) is 0.409. The van der Waals surface area contributed by atoms with E-state index in [2.05, 4.69) is 15.5 Å². The lowest BCUT2D eigenvalue weighted by Crippen LogP contribution is -2.14. The topological polar surface area (TPSA) is 86.5 Å². The molecule has 7 heteroatoms. The van der Waals surface area contributed by atoms with Gasteiger partial charge in [0.25, 0.3) is 11.6 Å². The third kappa shape index (κ3) is 5.19. The Morgan fingerprint density at radius 2 is 2.00 bits per heavy atom. The predicted molar refractivity (Wildman–Crippen MR) is 111 cm³/mol. The van der Waals surface area contributed by atoms with Crippen LogP contribution in [0.25, 0.3) is 11.1 Å². The van der Waals surface area contributed by atoms with Crippen molar-refractivity contribution in [1.29, 1.82) is 0 Å². The summed E-state index contributed by atoms with van der Waals surface area (Å²) in [4.78, 5) is 17.5. The molecule has 0 bridgehead atoms. The van der Waals surface area contributed by atoms with Crippen molar-refractivity contribution >= 4 is 22.7 Å². The molecule has 1 N–H and O–H groups in total. The SMILES string of the molecule is CCOCCOCc1cccc(NC(=O)c2cc(C(C)C)nc3onc(C)c23)c1. The van der Waals surface area contributed by atoms with Crippen molar-refractivity contribution in [2.24, 2.45) is 0 Å². The summed E-state index contributed by atoms with van der Waals surface area (Å²) in [6.45, 7) is 10.0. The summed E-state index contributed by atoms with van der Waals surface area (Å²) in [6, 6.07) is 9.42. The number of fused-ring (bicyclic) bond motifs is 1. The molecule has 0 saturated heterocycles. The van der Waals surface area contributed by atoms with Gasteiger partial charge in [-0.15, -0.1) is 0 Å². The molecule has 0 fully saturated rings. The number of aromatic nitrogens is 2. The van der Waals surface area contributed by atoms with Gasteiger partial charge in [-0.25, -0.2) is 4.98 Å². The van der Waals surface area contributed by atoms with E-state index in [-0.39, 0.29) is 11.8 Å². The predicted octanol–water partition coefficient (Wildman–Crippen LogP) is 4.46. The van der Waals surface area contributed by atoms with Crippen LogP contribution in [0.15, 0.2) is 34.9 Å². The van der Waals surface area contributed by atoms with E-state index in [1.165, 1.54) is 0 Å². The molecule has 3 rings (SSSR count). The first-order valence-corrected chi connectivity index (χ1v) is 9.82. The molecule has 7 nitrogen and oxygen atoms in total. The third-order valence-corrected chi connectivity index (χ3v) is 4.50. The molecular weight excluding hydrogens is 370 g/mol. The number of carbonyl (C=O) groups excluding carboxylic acids is 1. The van der Waals surface area contributed by atoms with Crippen molar-refractivity contribution in [3.05, 3.63) is 52.8 Å². The second-order valence-corrected chi connectivity index (χ2v) is 7.10. The highest BCUT2D eigenvalue weighted by molar-refractivity contribution is 6.12. The molecule has 0 aliphatic heterocycles. The molecule has 2 aromatic heterocycles. The zero-order valence-electron chi connectivity index (χ0n) is 17.3. The van der Waals surface area contributed by atoms with Crippen molar-refractivity contribution in [3.63, 3.8) is 0 Å². The number of aryl methyl sites for hydroxylation is 1. The Hall–Kier alpha value is -2.77. The van der Waals surface area contributed by atoms with Crippen LogP contribution in [0.5, 0.6) is 0 Å². The normalized spacial score (nSPS) is 11.3. The number of amides is 1. The number of nitrogens with zero attached hydrogens (tertiary/aromatic N) is 2. The minimum absolute atomic E-state index is 0.161. The summed E-state index contributed by atoms with van der Waals surface area (Å²) < 4.78 is 16.2. The van der Waals surface area contributed by atoms with E-state index in [0.717, 1.165) is 11.3 Å². The lowest BCUT2D eigenvalue weighted by atomic mass is 10.0. The molecule has 0 saturated carbocycles. The van der Waals surface area contributed by atoms with Gasteiger partial charge in [-0.3, -0.25) is 4.79 Å². The van der Waals surface area contributed by atoms with Gasteiger partial charge in [0.15, 0.2) is 0 Å². The van der Waals surface area contributed by atoms with Crippen LogP contribution in [-0.2, 0) is 16.1 Å². The van der Waals surface area contributed by atoms with Crippen molar-refractivity contribution in [2.75, 3.05) is 25.1 Å². The van der Waals surface area contributed by atoms with E-state index >= 15 is 0 Å². The Morgan fingerprint density at radius 1 is 1.21 bits per heavy atom. The molecule has 2 heterocycles. The van der Waals surface area contributed by atoms with Gasteiger partial charge in [0.2, 0.25) is 0 Å². The average molecular weight is 397 g/mol. The van der Waals surface area contributed by atoms with Gasteiger partial charge in [0, 0.05) is 18.0 Å². The summed E-state index contributed by atoms with van der Waals surface area (Å²) in [7, 11) is 0. The first-order chi connectivity index (χ1) is 14.0. The first-order valence-electron chi connectivity index (χ1n) is 9.82. The Bertz CT molecular complexity index is 981. The van der Waals surface area contributed by atoms with Gasteiger partial charge in [-0.1, -0.05) is 31.1 Å². The van der Waals surface area contributed by atoms with Crippen LogP contribution in [0.4, 0.5) is 5.69 Å². The second kappa shape index (κ2) is 9.62. The number of benzene rings is 1. The average Bonchev–Trinajstić information content (AvgIpc) is 3.08. The molecule has 154 valence electrons. The van der Waals surface area contributed by atoms with Gasteiger partial charge < -0.3 is 19.3 Å². The van der Waals surface area contributed by atoms with Crippen molar-refractivity contribution in [1.82, 2.24) is 10.1 Å². The molecule has 0 aliphatic carbocycles. The number of ether oxygens (including phenoxy) is 2. The van der Waals surface area contributed by atoms with Crippen molar-refractivity contribution in [3.8, 4) is 0 Å². The fourth-order valence-corrected chi connectivity index (χ4v) is 2.98. The molecule has 0 spiro atoms. The number of pyridine rings is 1. The number of rotatable bonds is 9. The Balaban J connectivity index is 1.77. The largest absolute Gasteiger partial charge is 0.379 e. The number of carbonyl (C=O) groups is 1. The highest BCUT2D eigenvalue weighted by Gasteiger charge is 2.20. The molecule has 3 aromatic rings. The maximum absolute atomic E-state index is 13.0. The smallest absolute Gasteiger partial charge is 0.259 e. The standard InChI is InChI=1S/C22H27N3O4/c1-5-27-9-10-28-13-16-7-6-8-17(11-16)23-21(26)18-12-19(14(2)3)24-22-20(18)15(4)25-29-22/h6-8,11-12,14H,5,9-10,13H2,1-4H3,(H,23,26). The summed E-state index contributed by atoms with van der Waals surface area (Å²) >= 11 is 0. The minimum Gasteiger partial charge on any atom is -0.379 e. The third-order valence-electron chi connectivity index (χ3n) is 4.50. The highest BCUT2D eigenvalue weighted by atomic mass is 16.5. The number of hydrogen-bond acceptors (Lipinski definition) is 6. The van der Waals surface area contributed by atoms with Gasteiger partial charge in [0.05, 0.1) is 36.5 Å². The van der Waals surface area contributed by atoms with E-state index in [9.17, 15) is 4.79 Å². The van der Waals surface area contributed by atoms with Gasteiger partial charge in [0.1, 0.15) is 0 Å². The van der Waals surface area contributed by atoms with Crippen LogP contribution in [0, 0.1) is 6.92 Å². The monoisotopic (exact) mass is 397 g/mol. The lowest BCUT2D eigenvalue weighted by Gasteiger charge is -2.11. The van der Waals surface area contributed by atoms with Crippen molar-refractivity contribution in [2.45, 2.75) is 40.2 Å². The van der Waals surface area contributed by atoms with E-state index in [1.807, 2.05) is 51.1 Å². The number of hydrogen-bond donors (Lipinski definition) is 1. The van der Waals surface area contributed by atoms with Crippen LogP contribution in [0.3, 0.4) is 0 Å². The van der Waals surface area contributed by atoms with Crippen LogP contribution >= 0.6 is 0 Å². The molecule has 29 heavy (non-hydrogen) atoms. The highest BCUT2D eigenvalue weighted by Crippen LogP contribution is 2.26. The second-order valence-electron chi connectivity index (χ2n) is 7.10. The fourth-order valence-electron chi connectivity index (χ4n) is 2.98. The molecule has 0 radical (unpaired) electrons. The minimum atomic E-state index is -0.222. The molecule has 1 amide bonds. The maximum atomic E-state index is 13.0. The summed E-state index contributed by atoms with van der Waals surface area (Å²) in [5.74, 6) is -0.0615. The molecule has 0 unspecified atom stereocenters. The van der Waals surface area contributed by atoms with Crippen LogP contribution in [0.2, 0.25) is 0 Å². The van der Waals surface area contributed by atoms with Crippen molar-refractivity contribution < 1.29 is 18.8 Å². The van der Waals surface area contributed by atoms with E-state index in [1.54, 1.807) is 6.92 Å². The lowest BCUT2D eigenvalue weighted by molar-refractivity contribution is 0.0453. The van der Waals surface area contributed by atoms with Gasteiger partial charge in [-0.05, 0) is 43.5 Å². The Labute approximate surface area is 170 Å². The zero-order valence-corrected chi connectivity index (χ0v) is 17.3. The van der Waals surface area contributed by atoms with E-state index < -0.39 is 0 Å². The van der Waals surface area contributed by atoms with Crippen LogP contribution in [-0.4, -0.2) is 35.9 Å². The molecule has 0 aliphatic rings. The Morgan fingerprint density at radius 3 is 2.76 bits per heavy atom. The molecule has 0 atom stereocenters. The van der Waals surface area contributed by atoms with E-state index in [0.29, 0.717) is 54.5 Å². The zero-order chi connectivity index (χ0) is 20.8. The molecular formula is C22H27N3O4. The van der Waals surface area contributed by atoms with Crippen LogP contribution in [0.1, 0.15) is 54.0 Å². The van der Waals surface area contributed by atoms with Gasteiger partial charge in [-0.2, -0.15) is 0 Å². The summed E-state index contributed by atoms with van der Waals surface area (Å²) in [5, 5.41) is 7.58.